The Morgan fingerprint density at radius 2 is 1.79 bits per heavy atom. The average Bonchev–Trinajstić information content (AvgIpc) is 2.67. The van der Waals surface area contributed by atoms with E-state index in [1.807, 2.05) is 0 Å². The normalized spacial score (nSPS) is 35.8. The third kappa shape index (κ3) is 4.19. The van der Waals surface area contributed by atoms with E-state index in [0.29, 0.717) is 6.04 Å². The van der Waals surface area contributed by atoms with Crippen LogP contribution in [-0.2, 0) is 0 Å². The molecule has 0 aromatic heterocycles. The molecule has 1 aliphatic heterocycles. The van der Waals surface area contributed by atoms with Crippen LogP contribution in [0.3, 0.4) is 0 Å². The Kier molecular flexibility index (Phi) is 6.15. The molecule has 1 heterocycles. The van der Waals surface area contributed by atoms with Crippen LogP contribution >= 0.6 is 0 Å². The molecule has 1 saturated carbocycles. The number of nitrogens with zero attached hydrogens (tertiary/aromatic N) is 1. The van der Waals surface area contributed by atoms with Gasteiger partial charge >= 0.3 is 0 Å². The molecule has 1 aliphatic carbocycles. The summed E-state index contributed by atoms with van der Waals surface area (Å²) in [5.74, 6) is 2.79. The van der Waals surface area contributed by atoms with Crippen molar-refractivity contribution in [2.45, 2.75) is 71.3 Å². The molecule has 0 aromatic rings. The second-order valence-corrected chi connectivity index (χ2v) is 7.06. The second-order valence-electron chi connectivity index (χ2n) is 7.06. The number of hydrogen-bond donors (Lipinski definition) is 1. The molecule has 2 rings (SSSR count). The lowest BCUT2D eigenvalue weighted by Crippen LogP contribution is -2.47. The van der Waals surface area contributed by atoms with Crippen molar-refractivity contribution in [3.63, 3.8) is 0 Å². The van der Waals surface area contributed by atoms with E-state index < -0.39 is 0 Å². The molecule has 2 aliphatic rings. The van der Waals surface area contributed by atoms with Gasteiger partial charge in [-0.2, -0.15) is 0 Å². The molecule has 19 heavy (non-hydrogen) atoms. The number of likely N-dealkylation sites (tertiary alicyclic amines) is 1. The van der Waals surface area contributed by atoms with Crippen LogP contribution in [0.2, 0.25) is 0 Å². The van der Waals surface area contributed by atoms with E-state index in [1.54, 1.807) is 0 Å². The lowest BCUT2D eigenvalue weighted by molar-refractivity contribution is 0.114. The van der Waals surface area contributed by atoms with Crippen molar-refractivity contribution in [1.82, 2.24) is 4.90 Å². The first kappa shape index (κ1) is 15.3. The fourth-order valence-corrected chi connectivity index (χ4v) is 4.24. The SMILES string of the molecule is CCC1CCCN(C(CN)C2CCC(C)CC2)CC1. The van der Waals surface area contributed by atoms with Gasteiger partial charge in [-0.05, 0) is 62.9 Å². The standard InChI is InChI=1S/C17H34N2/c1-3-15-5-4-11-19(12-10-15)17(13-18)16-8-6-14(2)7-9-16/h14-17H,3-13,18H2,1-2H3. The molecule has 2 unspecified atom stereocenters. The van der Waals surface area contributed by atoms with Gasteiger partial charge in [0.15, 0.2) is 0 Å². The zero-order valence-electron chi connectivity index (χ0n) is 13.1. The monoisotopic (exact) mass is 266 g/mol. The molecular weight excluding hydrogens is 232 g/mol. The molecule has 2 nitrogen and oxygen atoms in total. The molecule has 2 N–H and O–H groups in total. The quantitative estimate of drug-likeness (QED) is 0.841. The molecule has 2 heteroatoms. The van der Waals surface area contributed by atoms with E-state index >= 15 is 0 Å². The number of nitrogens with two attached hydrogens (primary N) is 1. The van der Waals surface area contributed by atoms with E-state index in [4.69, 9.17) is 5.73 Å². The lowest BCUT2D eigenvalue weighted by atomic mass is 9.78. The summed E-state index contributed by atoms with van der Waals surface area (Å²) in [4.78, 5) is 2.75. The Bertz CT molecular complexity index is 246. The average molecular weight is 266 g/mol. The van der Waals surface area contributed by atoms with Gasteiger partial charge in [0.05, 0.1) is 0 Å². The van der Waals surface area contributed by atoms with E-state index in [1.165, 1.54) is 64.5 Å². The predicted octanol–water partition coefficient (Wildman–Crippen LogP) is 3.65. The molecule has 2 atom stereocenters. The molecule has 0 spiro atoms. The third-order valence-corrected chi connectivity index (χ3v) is 5.77. The van der Waals surface area contributed by atoms with Gasteiger partial charge in [-0.25, -0.2) is 0 Å². The van der Waals surface area contributed by atoms with Gasteiger partial charge in [0.1, 0.15) is 0 Å². The van der Waals surface area contributed by atoms with Gasteiger partial charge in [0, 0.05) is 12.6 Å². The van der Waals surface area contributed by atoms with Crippen molar-refractivity contribution in [1.29, 1.82) is 0 Å². The summed E-state index contributed by atoms with van der Waals surface area (Å²) in [5, 5.41) is 0. The Hall–Kier alpha value is -0.0800. The molecular formula is C17H34N2. The molecule has 2 fully saturated rings. The van der Waals surface area contributed by atoms with E-state index in [2.05, 4.69) is 18.7 Å². The van der Waals surface area contributed by atoms with Crippen LogP contribution in [0.4, 0.5) is 0 Å². The smallest absolute Gasteiger partial charge is 0.0246 e. The first-order valence-electron chi connectivity index (χ1n) is 8.68. The van der Waals surface area contributed by atoms with Crippen LogP contribution in [0.5, 0.6) is 0 Å². The number of rotatable bonds is 4. The summed E-state index contributed by atoms with van der Waals surface area (Å²) in [6.45, 7) is 8.22. The molecule has 0 amide bonds. The van der Waals surface area contributed by atoms with Crippen molar-refractivity contribution in [3.05, 3.63) is 0 Å². The van der Waals surface area contributed by atoms with Crippen molar-refractivity contribution in [3.8, 4) is 0 Å². The second kappa shape index (κ2) is 7.64. The maximum Gasteiger partial charge on any atom is 0.0246 e. The van der Waals surface area contributed by atoms with Gasteiger partial charge in [-0.3, -0.25) is 4.90 Å². The van der Waals surface area contributed by atoms with E-state index in [9.17, 15) is 0 Å². The van der Waals surface area contributed by atoms with Crippen molar-refractivity contribution in [2.75, 3.05) is 19.6 Å². The van der Waals surface area contributed by atoms with Gasteiger partial charge in [0.25, 0.3) is 0 Å². The van der Waals surface area contributed by atoms with Gasteiger partial charge in [0.2, 0.25) is 0 Å². The van der Waals surface area contributed by atoms with Gasteiger partial charge < -0.3 is 5.73 Å². The first-order valence-corrected chi connectivity index (χ1v) is 8.68. The highest BCUT2D eigenvalue weighted by atomic mass is 15.2. The zero-order chi connectivity index (χ0) is 13.7. The van der Waals surface area contributed by atoms with Crippen LogP contribution in [-0.4, -0.2) is 30.6 Å². The summed E-state index contributed by atoms with van der Waals surface area (Å²) >= 11 is 0. The fourth-order valence-electron chi connectivity index (χ4n) is 4.24. The highest BCUT2D eigenvalue weighted by Gasteiger charge is 2.30. The van der Waals surface area contributed by atoms with Crippen molar-refractivity contribution in [2.24, 2.45) is 23.5 Å². The van der Waals surface area contributed by atoms with Crippen LogP contribution in [0.1, 0.15) is 65.2 Å². The van der Waals surface area contributed by atoms with Crippen LogP contribution in [0, 0.1) is 17.8 Å². The summed E-state index contributed by atoms with van der Waals surface area (Å²) in [5.41, 5.74) is 6.15. The summed E-state index contributed by atoms with van der Waals surface area (Å²) in [6, 6.07) is 0.670. The Balaban J connectivity index is 1.89. The Labute approximate surface area is 120 Å². The fraction of sp³-hybridized carbons (Fsp3) is 1.00. The maximum absolute atomic E-state index is 6.15. The van der Waals surface area contributed by atoms with Gasteiger partial charge in [-0.1, -0.05) is 33.1 Å². The van der Waals surface area contributed by atoms with E-state index in [0.717, 1.165) is 24.3 Å². The summed E-state index contributed by atoms with van der Waals surface area (Å²) in [7, 11) is 0. The number of hydrogen-bond acceptors (Lipinski definition) is 2. The largest absolute Gasteiger partial charge is 0.329 e. The van der Waals surface area contributed by atoms with Crippen molar-refractivity contribution >= 4 is 0 Å². The summed E-state index contributed by atoms with van der Waals surface area (Å²) in [6.07, 6.45) is 11.3. The van der Waals surface area contributed by atoms with E-state index in [-0.39, 0.29) is 0 Å². The van der Waals surface area contributed by atoms with Crippen molar-refractivity contribution < 1.29 is 0 Å². The molecule has 0 bridgehead atoms. The minimum atomic E-state index is 0.670. The zero-order valence-corrected chi connectivity index (χ0v) is 13.1. The maximum atomic E-state index is 6.15. The molecule has 112 valence electrons. The topological polar surface area (TPSA) is 29.3 Å². The summed E-state index contributed by atoms with van der Waals surface area (Å²) < 4.78 is 0. The third-order valence-electron chi connectivity index (χ3n) is 5.77. The van der Waals surface area contributed by atoms with Crippen LogP contribution in [0.15, 0.2) is 0 Å². The Morgan fingerprint density at radius 1 is 1.05 bits per heavy atom. The minimum Gasteiger partial charge on any atom is -0.329 e. The molecule has 0 aromatic carbocycles. The molecule has 1 saturated heterocycles. The van der Waals surface area contributed by atoms with Gasteiger partial charge in [-0.15, -0.1) is 0 Å². The first-order chi connectivity index (χ1) is 9.24. The minimum absolute atomic E-state index is 0.670. The van der Waals surface area contributed by atoms with Crippen LogP contribution in [0.25, 0.3) is 0 Å². The highest BCUT2D eigenvalue weighted by Crippen LogP contribution is 2.33. The Morgan fingerprint density at radius 3 is 2.42 bits per heavy atom. The van der Waals surface area contributed by atoms with Crippen LogP contribution < -0.4 is 5.73 Å². The lowest BCUT2D eigenvalue weighted by Gasteiger charge is -2.39. The predicted molar refractivity (Wildman–Crippen MR) is 83.2 cm³/mol. The molecule has 0 radical (unpaired) electrons. The highest BCUT2D eigenvalue weighted by molar-refractivity contribution is 4.85.